The number of hydrazone groups is 1. The van der Waals surface area contributed by atoms with Gasteiger partial charge in [0, 0.05) is 18.2 Å². The number of nitro groups is 2. The molecule has 0 fully saturated rings. The second kappa shape index (κ2) is 6.36. The van der Waals surface area contributed by atoms with Crippen molar-refractivity contribution in [1.29, 1.82) is 0 Å². The molecule has 0 spiro atoms. The molecule has 1 aromatic rings. The van der Waals surface area contributed by atoms with Crippen molar-refractivity contribution in [2.24, 2.45) is 5.10 Å². The third-order valence-electron chi connectivity index (χ3n) is 2.26. The predicted octanol–water partition coefficient (Wildman–Crippen LogP) is 2.27. The van der Waals surface area contributed by atoms with Crippen LogP contribution in [0.25, 0.3) is 0 Å². The summed E-state index contributed by atoms with van der Waals surface area (Å²) in [4.78, 5) is 30.8. The zero-order chi connectivity index (χ0) is 15.3. The number of nitrogens with one attached hydrogen (secondary N) is 1. The first-order chi connectivity index (χ1) is 9.31. The number of benzene rings is 1. The normalized spacial score (nSPS) is 11.0. The van der Waals surface area contributed by atoms with Crippen LogP contribution in [0.4, 0.5) is 17.1 Å². The van der Waals surface area contributed by atoms with Gasteiger partial charge in [-0.15, -0.1) is 0 Å². The van der Waals surface area contributed by atoms with E-state index in [4.69, 9.17) is 0 Å². The van der Waals surface area contributed by atoms with Crippen LogP contribution in [-0.2, 0) is 4.79 Å². The Balaban J connectivity index is 3.03. The van der Waals surface area contributed by atoms with E-state index in [2.05, 4.69) is 10.5 Å². The SMILES string of the molecule is CC(=O)CC(C)=NNc1ccc([N+](=O)[O-])cc1[N+](=O)[O-]. The molecule has 0 heterocycles. The molecule has 20 heavy (non-hydrogen) atoms. The van der Waals surface area contributed by atoms with Crippen LogP contribution in [0.1, 0.15) is 20.3 Å². The molecule has 0 aliphatic rings. The Morgan fingerprint density at radius 3 is 2.40 bits per heavy atom. The van der Waals surface area contributed by atoms with E-state index in [9.17, 15) is 25.0 Å². The molecule has 0 saturated heterocycles. The molecule has 0 bridgehead atoms. The fourth-order valence-corrected chi connectivity index (χ4v) is 1.43. The number of hydrogen-bond donors (Lipinski definition) is 1. The summed E-state index contributed by atoms with van der Waals surface area (Å²) in [7, 11) is 0. The molecular weight excluding hydrogens is 268 g/mol. The smallest absolute Gasteiger partial charge is 0.300 e. The maximum absolute atomic E-state index is 10.9. The summed E-state index contributed by atoms with van der Waals surface area (Å²) >= 11 is 0. The molecule has 1 rings (SSSR count). The van der Waals surface area contributed by atoms with Gasteiger partial charge in [0.25, 0.3) is 5.69 Å². The second-order valence-corrected chi connectivity index (χ2v) is 4.05. The van der Waals surface area contributed by atoms with E-state index in [1.54, 1.807) is 6.92 Å². The van der Waals surface area contributed by atoms with Gasteiger partial charge in [-0.05, 0) is 19.9 Å². The molecule has 0 aromatic heterocycles. The second-order valence-electron chi connectivity index (χ2n) is 4.05. The van der Waals surface area contributed by atoms with Crippen molar-refractivity contribution in [3.05, 3.63) is 38.4 Å². The Bertz CT molecular complexity index is 596. The number of carbonyl (C=O) groups is 1. The summed E-state index contributed by atoms with van der Waals surface area (Å²) in [6.45, 7) is 2.99. The highest BCUT2D eigenvalue weighted by atomic mass is 16.6. The minimum Gasteiger partial charge on any atom is -0.300 e. The van der Waals surface area contributed by atoms with Gasteiger partial charge in [0.15, 0.2) is 0 Å². The van der Waals surface area contributed by atoms with E-state index in [0.717, 1.165) is 12.1 Å². The van der Waals surface area contributed by atoms with Crippen molar-refractivity contribution < 1.29 is 14.6 Å². The Morgan fingerprint density at radius 2 is 1.90 bits per heavy atom. The van der Waals surface area contributed by atoms with Gasteiger partial charge in [0.05, 0.1) is 15.9 Å². The molecule has 0 unspecified atom stereocenters. The van der Waals surface area contributed by atoms with Crippen LogP contribution in [0, 0.1) is 20.2 Å². The van der Waals surface area contributed by atoms with Gasteiger partial charge in [0.2, 0.25) is 0 Å². The zero-order valence-corrected chi connectivity index (χ0v) is 10.8. The van der Waals surface area contributed by atoms with Gasteiger partial charge in [-0.25, -0.2) is 0 Å². The summed E-state index contributed by atoms with van der Waals surface area (Å²) in [5.74, 6) is -0.0914. The molecule has 106 valence electrons. The lowest BCUT2D eigenvalue weighted by atomic mass is 10.2. The van der Waals surface area contributed by atoms with Crippen molar-refractivity contribution in [3.63, 3.8) is 0 Å². The summed E-state index contributed by atoms with van der Waals surface area (Å²) < 4.78 is 0. The Kier molecular flexibility index (Phi) is 4.84. The minimum absolute atomic E-state index is 0.0171. The van der Waals surface area contributed by atoms with Gasteiger partial charge in [-0.3, -0.25) is 30.4 Å². The van der Waals surface area contributed by atoms with E-state index in [1.165, 1.54) is 13.0 Å². The molecular formula is C11H12N4O5. The Morgan fingerprint density at radius 1 is 1.25 bits per heavy atom. The molecule has 9 heteroatoms. The molecule has 0 amide bonds. The van der Waals surface area contributed by atoms with Crippen molar-refractivity contribution >= 4 is 28.6 Å². The first-order valence-electron chi connectivity index (χ1n) is 5.52. The molecule has 0 aliphatic heterocycles. The van der Waals surface area contributed by atoms with Crippen molar-refractivity contribution in [1.82, 2.24) is 0 Å². The highest BCUT2D eigenvalue weighted by Gasteiger charge is 2.19. The minimum atomic E-state index is -0.745. The number of rotatable bonds is 6. The lowest BCUT2D eigenvalue weighted by Crippen LogP contribution is -2.04. The van der Waals surface area contributed by atoms with E-state index >= 15 is 0 Å². The number of Topliss-reactive ketones (excluding diaryl/α,β-unsaturated/α-hetero) is 1. The van der Waals surface area contributed by atoms with E-state index in [0.29, 0.717) is 5.71 Å². The Labute approximate surface area is 113 Å². The average Bonchev–Trinajstić information content (AvgIpc) is 2.35. The molecule has 9 nitrogen and oxygen atoms in total. The summed E-state index contributed by atoms with van der Waals surface area (Å²) in [5, 5.41) is 25.3. The molecule has 0 saturated carbocycles. The predicted molar refractivity (Wildman–Crippen MR) is 71.8 cm³/mol. The third-order valence-corrected chi connectivity index (χ3v) is 2.26. The first-order valence-corrected chi connectivity index (χ1v) is 5.52. The number of nitro benzene ring substituents is 2. The van der Waals surface area contributed by atoms with Crippen LogP contribution in [0.15, 0.2) is 23.3 Å². The van der Waals surface area contributed by atoms with Crippen molar-refractivity contribution in [3.8, 4) is 0 Å². The topological polar surface area (TPSA) is 128 Å². The van der Waals surface area contributed by atoms with Crippen LogP contribution < -0.4 is 5.43 Å². The number of anilines is 1. The number of carbonyl (C=O) groups excluding carboxylic acids is 1. The monoisotopic (exact) mass is 280 g/mol. The fourth-order valence-electron chi connectivity index (χ4n) is 1.43. The Hall–Kier alpha value is -2.84. The summed E-state index contributed by atoms with van der Waals surface area (Å²) in [5.41, 5.74) is 2.06. The van der Waals surface area contributed by atoms with E-state index in [-0.39, 0.29) is 23.6 Å². The van der Waals surface area contributed by atoms with Crippen LogP contribution >= 0.6 is 0 Å². The average molecular weight is 280 g/mol. The number of ketones is 1. The number of hydrogen-bond acceptors (Lipinski definition) is 7. The van der Waals surface area contributed by atoms with Crippen molar-refractivity contribution in [2.75, 3.05) is 5.43 Å². The molecule has 0 radical (unpaired) electrons. The van der Waals surface area contributed by atoms with Crippen LogP contribution in [-0.4, -0.2) is 21.3 Å². The van der Waals surface area contributed by atoms with Crippen molar-refractivity contribution in [2.45, 2.75) is 20.3 Å². The fraction of sp³-hybridized carbons (Fsp3) is 0.273. The summed E-state index contributed by atoms with van der Waals surface area (Å²) in [6.07, 6.45) is 0.119. The largest absolute Gasteiger partial charge is 0.301 e. The maximum Gasteiger partial charge on any atom is 0.301 e. The van der Waals surface area contributed by atoms with Crippen LogP contribution in [0.2, 0.25) is 0 Å². The van der Waals surface area contributed by atoms with Crippen LogP contribution in [0.5, 0.6) is 0 Å². The highest BCUT2D eigenvalue weighted by Crippen LogP contribution is 2.28. The third kappa shape index (κ3) is 4.12. The van der Waals surface area contributed by atoms with Gasteiger partial charge >= 0.3 is 5.69 Å². The van der Waals surface area contributed by atoms with Gasteiger partial charge in [0.1, 0.15) is 11.5 Å². The standard InChI is InChI=1S/C11H12N4O5/c1-7(5-8(2)16)12-13-10-4-3-9(14(17)18)6-11(10)15(19)20/h3-4,6,13H,5H2,1-2H3. The van der Waals surface area contributed by atoms with E-state index in [1.807, 2.05) is 0 Å². The summed E-state index contributed by atoms with van der Waals surface area (Å²) in [6, 6.07) is 3.17. The van der Waals surface area contributed by atoms with E-state index < -0.39 is 15.5 Å². The maximum atomic E-state index is 10.9. The van der Waals surface area contributed by atoms with Gasteiger partial charge < -0.3 is 0 Å². The number of non-ortho nitro benzene ring substituents is 1. The molecule has 0 atom stereocenters. The quantitative estimate of drug-likeness (QED) is 0.483. The molecule has 0 aliphatic carbocycles. The molecule has 1 N–H and O–H groups in total. The molecule has 1 aromatic carbocycles. The van der Waals surface area contributed by atoms with Gasteiger partial charge in [-0.2, -0.15) is 5.10 Å². The highest BCUT2D eigenvalue weighted by molar-refractivity contribution is 6.00. The number of nitrogens with zero attached hydrogens (tertiary/aromatic N) is 3. The first kappa shape index (κ1) is 15.2. The van der Waals surface area contributed by atoms with Crippen LogP contribution in [0.3, 0.4) is 0 Å². The van der Waals surface area contributed by atoms with Gasteiger partial charge in [-0.1, -0.05) is 0 Å². The zero-order valence-electron chi connectivity index (χ0n) is 10.8. The lowest BCUT2D eigenvalue weighted by Gasteiger charge is -2.03. The lowest BCUT2D eigenvalue weighted by molar-refractivity contribution is -0.393.